The summed E-state index contributed by atoms with van der Waals surface area (Å²) < 4.78 is 0. The van der Waals surface area contributed by atoms with Crippen LogP contribution >= 0.6 is 0 Å². The van der Waals surface area contributed by atoms with E-state index in [1.165, 1.54) is 7.05 Å². The molecule has 0 aromatic rings. The van der Waals surface area contributed by atoms with E-state index >= 15 is 0 Å². The highest BCUT2D eigenvalue weighted by Crippen LogP contribution is 0.579. The van der Waals surface area contributed by atoms with E-state index in [0.717, 1.165) is 0 Å². The lowest BCUT2D eigenvalue weighted by Gasteiger charge is -1.19. The highest BCUT2D eigenvalue weighted by molar-refractivity contribution is 4.47. The van der Waals surface area contributed by atoms with Gasteiger partial charge in [-0.1, -0.05) is 0 Å². The van der Waals surface area contributed by atoms with Crippen LogP contribution in [0, 0.1) is 12.8 Å². The smallest absolute Gasteiger partial charge is 0.0195 e. The highest BCUT2D eigenvalue weighted by atomic mass is 16.0. The van der Waals surface area contributed by atoms with Crippen LogP contribution in [0.5, 0.6) is 0 Å². The first-order valence-electron chi connectivity index (χ1n) is 0.911. The van der Waals surface area contributed by atoms with Gasteiger partial charge in [0.15, 0.2) is 0 Å². The number of hydrogen-bond acceptors (Lipinski definition) is 1. The summed E-state index contributed by atoms with van der Waals surface area (Å²) in [7, 11) is 1.50. The van der Waals surface area contributed by atoms with E-state index in [-0.39, 0.29) is 5.48 Å². The van der Waals surface area contributed by atoms with Gasteiger partial charge in [0.05, 0.1) is 0 Å². The van der Waals surface area contributed by atoms with Gasteiger partial charge in [-0.3, -0.25) is 0 Å². The van der Waals surface area contributed by atoms with Gasteiger partial charge in [-0.2, -0.15) is 0 Å². The zero-order valence-corrected chi connectivity index (χ0v) is 3.23. The van der Waals surface area contributed by atoms with Crippen molar-refractivity contribution < 1.29 is 5.48 Å². The zero-order chi connectivity index (χ0) is 4.00. The molecule has 0 bridgehead atoms. The Balaban J connectivity index is -0.0000000133. The fraction of sp³-hybridized carbons (Fsp3) is 0.333. The maximum absolute atomic E-state index is 4.50. The summed E-state index contributed by atoms with van der Waals surface area (Å²) in [5.74, 6) is 0. The molecule has 0 heterocycles. The topological polar surface area (TPSA) is 57.5 Å². The van der Waals surface area contributed by atoms with Gasteiger partial charge in [0.1, 0.15) is 0 Å². The molecule has 0 amide bonds. The van der Waals surface area contributed by atoms with Gasteiger partial charge in [0, 0.05) is 0 Å². The summed E-state index contributed by atoms with van der Waals surface area (Å²) in [5, 5.41) is 0. The summed E-state index contributed by atoms with van der Waals surface area (Å²) >= 11 is 0. The van der Waals surface area contributed by atoms with Gasteiger partial charge in [-0.25, -0.2) is 0 Å². The number of nitrogens with two attached hydrogens (primary N) is 1. The van der Waals surface area contributed by atoms with E-state index in [9.17, 15) is 0 Å². The SMILES string of the molecule is C#C.CN.O. The molecule has 0 saturated carbocycles. The van der Waals surface area contributed by atoms with Crippen molar-refractivity contribution in [3.63, 3.8) is 0 Å². The van der Waals surface area contributed by atoms with Crippen LogP contribution in [0.25, 0.3) is 0 Å². The lowest BCUT2D eigenvalue weighted by molar-refractivity contribution is 0.824. The van der Waals surface area contributed by atoms with Crippen molar-refractivity contribution in [3.8, 4) is 12.8 Å². The molecule has 0 atom stereocenters. The molecule has 0 fully saturated rings. The third-order valence-corrected chi connectivity index (χ3v) is 0. The van der Waals surface area contributed by atoms with Crippen molar-refractivity contribution in [2.45, 2.75) is 0 Å². The van der Waals surface area contributed by atoms with Crippen molar-refractivity contribution in [3.05, 3.63) is 0 Å². The molecule has 0 saturated heterocycles. The fourth-order valence-corrected chi connectivity index (χ4v) is 0. The van der Waals surface area contributed by atoms with Crippen LogP contribution in [-0.2, 0) is 0 Å². The van der Waals surface area contributed by atoms with E-state index in [2.05, 4.69) is 18.6 Å². The number of terminal acetylenes is 1. The third kappa shape index (κ3) is 28.2. The highest BCUT2D eigenvalue weighted by Gasteiger charge is 0.836. The first kappa shape index (κ1) is 24.8. The van der Waals surface area contributed by atoms with Crippen LogP contribution in [0.4, 0.5) is 0 Å². The summed E-state index contributed by atoms with van der Waals surface area (Å²) in [4.78, 5) is 0. The van der Waals surface area contributed by atoms with E-state index in [0.29, 0.717) is 0 Å². The summed E-state index contributed by atoms with van der Waals surface area (Å²) in [6.07, 6.45) is 8.00. The molecule has 32 valence electrons. The Labute approximate surface area is 32.3 Å². The first-order valence-corrected chi connectivity index (χ1v) is 0.911. The van der Waals surface area contributed by atoms with Crippen molar-refractivity contribution in [1.82, 2.24) is 0 Å². The van der Waals surface area contributed by atoms with E-state index in [1.807, 2.05) is 0 Å². The maximum Gasteiger partial charge on any atom is -0.0195 e. The minimum absolute atomic E-state index is 0. The molecule has 4 N–H and O–H groups in total. The average molecular weight is 75.1 g/mol. The Morgan fingerprint density at radius 2 is 1.20 bits per heavy atom. The molecule has 0 rings (SSSR count). The molecule has 0 aliphatic carbocycles. The van der Waals surface area contributed by atoms with E-state index in [4.69, 9.17) is 0 Å². The van der Waals surface area contributed by atoms with Gasteiger partial charge in [0.25, 0.3) is 0 Å². The number of hydrogen-bond donors (Lipinski definition) is 1. The van der Waals surface area contributed by atoms with Crippen molar-refractivity contribution in [1.29, 1.82) is 0 Å². The molecule has 0 aliphatic rings. The molecular formula is C3H9NO. The van der Waals surface area contributed by atoms with Crippen molar-refractivity contribution in [2.75, 3.05) is 7.05 Å². The average Bonchev–Trinajstić information content (AvgIpc) is 1.50. The van der Waals surface area contributed by atoms with Gasteiger partial charge < -0.3 is 11.2 Å². The second-order valence-electron chi connectivity index (χ2n) is 0. The van der Waals surface area contributed by atoms with Gasteiger partial charge >= 0.3 is 0 Å². The maximum atomic E-state index is 4.50. The standard InChI is InChI=1S/C2H2.CH5N.H2O/c2*1-2;/h1-2H;2H2,1H3;1H2. The molecule has 0 unspecified atom stereocenters. The first-order chi connectivity index (χ1) is 2.00. The van der Waals surface area contributed by atoms with Crippen LogP contribution in [0.3, 0.4) is 0 Å². The largest absolute Gasteiger partial charge is 0.412 e. The molecule has 0 aromatic heterocycles. The lowest BCUT2D eigenvalue weighted by Crippen LogP contribution is -1.69. The Kier molecular flexibility index (Phi) is 392. The van der Waals surface area contributed by atoms with Crippen LogP contribution in [0.15, 0.2) is 0 Å². The lowest BCUT2D eigenvalue weighted by atomic mass is 11.4. The monoisotopic (exact) mass is 75.1 g/mol. The molecule has 0 aromatic carbocycles. The van der Waals surface area contributed by atoms with Crippen LogP contribution < -0.4 is 5.73 Å². The Morgan fingerprint density at radius 3 is 1.20 bits per heavy atom. The quantitative estimate of drug-likeness (QED) is 0.369. The zero-order valence-electron chi connectivity index (χ0n) is 3.23. The fourth-order valence-electron chi connectivity index (χ4n) is 0. The predicted molar refractivity (Wildman–Crippen MR) is 23.6 cm³/mol. The van der Waals surface area contributed by atoms with Crippen LogP contribution in [0.2, 0.25) is 0 Å². The number of rotatable bonds is 0. The normalized spacial score (nSPS) is 1.60. The molecule has 0 aliphatic heterocycles. The third-order valence-electron chi connectivity index (χ3n) is 0. The molecule has 0 radical (unpaired) electrons. The molecule has 0 spiro atoms. The molecule has 2 heteroatoms. The second kappa shape index (κ2) is 79.2. The van der Waals surface area contributed by atoms with Crippen LogP contribution in [-0.4, -0.2) is 12.5 Å². The van der Waals surface area contributed by atoms with Crippen molar-refractivity contribution >= 4 is 0 Å². The van der Waals surface area contributed by atoms with E-state index < -0.39 is 0 Å². The van der Waals surface area contributed by atoms with Gasteiger partial charge in [-0.05, 0) is 7.05 Å². The van der Waals surface area contributed by atoms with Gasteiger partial charge in [0.2, 0.25) is 0 Å². The second-order valence-corrected chi connectivity index (χ2v) is 0. The van der Waals surface area contributed by atoms with Gasteiger partial charge in [-0.15, -0.1) is 12.8 Å². The Bertz CT molecular complexity index is 11.6. The van der Waals surface area contributed by atoms with Crippen molar-refractivity contribution in [2.24, 2.45) is 5.73 Å². The predicted octanol–water partition coefficient (Wildman–Crippen LogP) is -1.00. The van der Waals surface area contributed by atoms with E-state index in [1.54, 1.807) is 0 Å². The molecule has 2 nitrogen and oxygen atoms in total. The summed E-state index contributed by atoms with van der Waals surface area (Å²) in [6.45, 7) is 0. The molecule has 5 heavy (non-hydrogen) atoms. The van der Waals surface area contributed by atoms with Crippen LogP contribution in [0.1, 0.15) is 0 Å². The minimum atomic E-state index is 0. The Hall–Kier alpha value is -0.520. The summed E-state index contributed by atoms with van der Waals surface area (Å²) in [6, 6.07) is 0. The summed E-state index contributed by atoms with van der Waals surface area (Å²) in [5.41, 5.74) is 4.50. The minimum Gasteiger partial charge on any atom is -0.412 e. The Morgan fingerprint density at radius 1 is 1.20 bits per heavy atom. The molecular weight excluding hydrogens is 66.0 g/mol.